The molecule has 0 aromatic heterocycles. The number of hydrogen-bond donors (Lipinski definition) is 1. The molecule has 0 atom stereocenters. The molecule has 0 bridgehead atoms. The Balaban J connectivity index is 2.22. The van der Waals surface area contributed by atoms with Gasteiger partial charge in [0, 0.05) is 13.6 Å². The Morgan fingerprint density at radius 2 is 2.00 bits per heavy atom. The molecule has 102 valence electrons. The zero-order chi connectivity index (χ0) is 14.0. The van der Waals surface area contributed by atoms with Crippen LogP contribution in [0.4, 0.5) is 15.8 Å². The predicted molar refractivity (Wildman–Crippen MR) is 72.2 cm³/mol. The molecular formula is C14H17FN2O2. The SMILES string of the molecule is CCCCCN(C)c1cc2c(cc1F)C(=O)C(=O)N2. The Hall–Kier alpha value is -1.91. The van der Waals surface area contributed by atoms with Crippen LogP contribution in [-0.4, -0.2) is 25.3 Å². The number of amides is 1. The first-order valence-corrected chi connectivity index (χ1v) is 6.45. The molecule has 1 aromatic rings. The van der Waals surface area contributed by atoms with Crippen LogP contribution in [0.1, 0.15) is 36.5 Å². The zero-order valence-corrected chi connectivity index (χ0v) is 11.1. The molecule has 0 aliphatic carbocycles. The Morgan fingerprint density at radius 1 is 1.26 bits per heavy atom. The van der Waals surface area contributed by atoms with Gasteiger partial charge in [0.15, 0.2) is 0 Å². The second-order valence-corrected chi connectivity index (χ2v) is 4.76. The highest BCUT2D eigenvalue weighted by Gasteiger charge is 2.29. The normalized spacial score (nSPS) is 13.4. The van der Waals surface area contributed by atoms with Gasteiger partial charge < -0.3 is 10.2 Å². The number of unbranched alkanes of at least 4 members (excludes halogenated alkanes) is 2. The molecule has 0 saturated carbocycles. The Labute approximate surface area is 111 Å². The molecule has 1 N–H and O–H groups in total. The van der Waals surface area contributed by atoms with Gasteiger partial charge in [-0.2, -0.15) is 0 Å². The lowest BCUT2D eigenvalue weighted by Gasteiger charge is -2.20. The average molecular weight is 264 g/mol. The summed E-state index contributed by atoms with van der Waals surface area (Å²) >= 11 is 0. The number of rotatable bonds is 5. The highest BCUT2D eigenvalue weighted by molar-refractivity contribution is 6.51. The molecule has 0 saturated heterocycles. The van der Waals surface area contributed by atoms with Crippen LogP contribution in [0.5, 0.6) is 0 Å². The van der Waals surface area contributed by atoms with Gasteiger partial charge in [0.25, 0.3) is 11.7 Å². The summed E-state index contributed by atoms with van der Waals surface area (Å²) < 4.78 is 14.0. The van der Waals surface area contributed by atoms with Gasteiger partial charge in [0.1, 0.15) is 5.82 Å². The Kier molecular flexibility index (Phi) is 3.83. The molecule has 0 spiro atoms. The molecule has 19 heavy (non-hydrogen) atoms. The molecular weight excluding hydrogens is 247 g/mol. The van der Waals surface area contributed by atoms with E-state index in [-0.39, 0.29) is 5.56 Å². The zero-order valence-electron chi connectivity index (χ0n) is 11.1. The number of nitrogens with one attached hydrogen (secondary N) is 1. The number of benzene rings is 1. The van der Waals surface area contributed by atoms with Crippen molar-refractivity contribution in [1.29, 1.82) is 0 Å². The number of carbonyl (C=O) groups excluding carboxylic acids is 2. The van der Waals surface area contributed by atoms with Crippen LogP contribution in [0.25, 0.3) is 0 Å². The summed E-state index contributed by atoms with van der Waals surface area (Å²) in [7, 11) is 1.80. The summed E-state index contributed by atoms with van der Waals surface area (Å²) in [5, 5.41) is 2.46. The number of hydrogen-bond acceptors (Lipinski definition) is 3. The van der Waals surface area contributed by atoms with E-state index < -0.39 is 17.5 Å². The lowest BCUT2D eigenvalue weighted by Crippen LogP contribution is -2.19. The lowest BCUT2D eigenvalue weighted by atomic mass is 10.1. The Morgan fingerprint density at radius 3 is 2.68 bits per heavy atom. The maximum Gasteiger partial charge on any atom is 0.296 e. The minimum atomic E-state index is -0.694. The number of Topliss-reactive ketones (excluding diaryl/α,β-unsaturated/α-hetero) is 1. The molecule has 1 aliphatic heterocycles. The van der Waals surface area contributed by atoms with E-state index in [9.17, 15) is 14.0 Å². The maximum absolute atomic E-state index is 14.0. The summed E-state index contributed by atoms with van der Waals surface area (Å²) in [4.78, 5) is 24.5. The van der Waals surface area contributed by atoms with Crippen LogP contribution < -0.4 is 10.2 Å². The molecule has 4 nitrogen and oxygen atoms in total. The van der Waals surface area contributed by atoms with Gasteiger partial charge in [0.2, 0.25) is 0 Å². The molecule has 1 aliphatic rings. The van der Waals surface area contributed by atoms with E-state index in [1.54, 1.807) is 11.9 Å². The van der Waals surface area contributed by atoms with E-state index in [1.165, 1.54) is 6.07 Å². The van der Waals surface area contributed by atoms with Crippen LogP contribution in [0.3, 0.4) is 0 Å². The molecule has 0 unspecified atom stereocenters. The second kappa shape index (κ2) is 5.38. The van der Waals surface area contributed by atoms with Crippen molar-refractivity contribution < 1.29 is 14.0 Å². The summed E-state index contributed by atoms with van der Waals surface area (Å²) in [6.45, 7) is 2.85. The fourth-order valence-electron chi connectivity index (χ4n) is 2.17. The number of ketones is 1. The van der Waals surface area contributed by atoms with Gasteiger partial charge in [0.05, 0.1) is 16.9 Å². The van der Waals surface area contributed by atoms with Crippen molar-refractivity contribution in [2.75, 3.05) is 23.8 Å². The summed E-state index contributed by atoms with van der Waals surface area (Å²) in [6.07, 6.45) is 3.17. The first-order valence-electron chi connectivity index (χ1n) is 6.45. The second-order valence-electron chi connectivity index (χ2n) is 4.76. The van der Waals surface area contributed by atoms with Crippen molar-refractivity contribution in [3.63, 3.8) is 0 Å². The third-order valence-corrected chi connectivity index (χ3v) is 3.29. The minimum absolute atomic E-state index is 0.119. The number of nitrogens with zero attached hydrogens (tertiary/aromatic N) is 1. The van der Waals surface area contributed by atoms with E-state index >= 15 is 0 Å². The van der Waals surface area contributed by atoms with E-state index in [2.05, 4.69) is 12.2 Å². The molecule has 1 amide bonds. The Bertz CT molecular complexity index is 528. The summed E-state index contributed by atoms with van der Waals surface area (Å²) in [5.41, 5.74) is 0.923. The quantitative estimate of drug-likeness (QED) is 0.657. The molecule has 0 radical (unpaired) electrons. The number of fused-ring (bicyclic) bond motifs is 1. The highest BCUT2D eigenvalue weighted by Crippen LogP contribution is 2.30. The number of carbonyl (C=O) groups is 2. The monoisotopic (exact) mass is 264 g/mol. The molecule has 5 heteroatoms. The van der Waals surface area contributed by atoms with Crippen molar-refractivity contribution in [2.45, 2.75) is 26.2 Å². The third-order valence-electron chi connectivity index (χ3n) is 3.29. The lowest BCUT2D eigenvalue weighted by molar-refractivity contribution is -0.112. The van der Waals surface area contributed by atoms with Crippen LogP contribution in [0, 0.1) is 5.82 Å². The molecule has 1 heterocycles. The molecule has 0 fully saturated rings. The van der Waals surface area contributed by atoms with Crippen molar-refractivity contribution in [2.24, 2.45) is 0 Å². The largest absolute Gasteiger partial charge is 0.372 e. The standard InChI is InChI=1S/C14H17FN2O2/c1-3-4-5-6-17(2)12-8-11-9(7-10(12)15)13(18)14(19)16-11/h7-8H,3-6H2,1-2H3,(H,16,18,19). The van der Waals surface area contributed by atoms with Gasteiger partial charge in [-0.3, -0.25) is 9.59 Å². The van der Waals surface area contributed by atoms with Gasteiger partial charge in [-0.1, -0.05) is 19.8 Å². The average Bonchev–Trinajstić information content (AvgIpc) is 2.65. The van der Waals surface area contributed by atoms with E-state index in [4.69, 9.17) is 0 Å². The van der Waals surface area contributed by atoms with E-state index in [0.717, 1.165) is 31.9 Å². The van der Waals surface area contributed by atoms with Crippen LogP contribution in [0.15, 0.2) is 12.1 Å². The first kappa shape index (κ1) is 13.5. The third kappa shape index (κ3) is 2.59. The van der Waals surface area contributed by atoms with Crippen LogP contribution >= 0.6 is 0 Å². The van der Waals surface area contributed by atoms with Crippen molar-refractivity contribution in [3.05, 3.63) is 23.5 Å². The molecule has 1 aromatic carbocycles. The van der Waals surface area contributed by atoms with Crippen molar-refractivity contribution in [1.82, 2.24) is 0 Å². The van der Waals surface area contributed by atoms with E-state index in [0.29, 0.717) is 11.4 Å². The van der Waals surface area contributed by atoms with Gasteiger partial charge >= 0.3 is 0 Å². The smallest absolute Gasteiger partial charge is 0.296 e. The molecule has 2 rings (SSSR count). The van der Waals surface area contributed by atoms with E-state index in [1.807, 2.05) is 0 Å². The van der Waals surface area contributed by atoms with Gasteiger partial charge in [-0.05, 0) is 18.6 Å². The first-order chi connectivity index (χ1) is 9.04. The van der Waals surface area contributed by atoms with Crippen molar-refractivity contribution in [3.8, 4) is 0 Å². The maximum atomic E-state index is 14.0. The highest BCUT2D eigenvalue weighted by atomic mass is 19.1. The number of halogens is 1. The fourth-order valence-corrected chi connectivity index (χ4v) is 2.17. The van der Waals surface area contributed by atoms with Gasteiger partial charge in [-0.25, -0.2) is 4.39 Å². The fraction of sp³-hybridized carbons (Fsp3) is 0.429. The number of anilines is 2. The summed E-state index contributed by atoms with van der Waals surface area (Å²) in [5.74, 6) is -1.84. The van der Waals surface area contributed by atoms with Crippen LogP contribution in [0.2, 0.25) is 0 Å². The van der Waals surface area contributed by atoms with Gasteiger partial charge in [-0.15, -0.1) is 0 Å². The minimum Gasteiger partial charge on any atom is -0.372 e. The topological polar surface area (TPSA) is 49.4 Å². The predicted octanol–water partition coefficient (Wildman–Crippen LogP) is 2.59. The van der Waals surface area contributed by atoms with Crippen LogP contribution in [-0.2, 0) is 4.79 Å². The summed E-state index contributed by atoms with van der Waals surface area (Å²) in [6, 6.07) is 2.67. The van der Waals surface area contributed by atoms with Crippen molar-refractivity contribution >= 4 is 23.1 Å².